The standard InChI is InChI=1S/C8H13N3O2/c1-8(9,7(12)13-2)3-6-4-10-5-11-6/h4-5H,3,9H2,1-2H3,(H,10,11)/t8-/m0/s1. The molecule has 0 unspecified atom stereocenters. The molecule has 13 heavy (non-hydrogen) atoms. The lowest BCUT2D eigenvalue weighted by Gasteiger charge is -2.20. The second-order valence-corrected chi connectivity index (χ2v) is 3.16. The number of carbonyl (C=O) groups excluding carboxylic acids is 1. The van der Waals surface area contributed by atoms with Gasteiger partial charge in [-0.2, -0.15) is 0 Å². The SMILES string of the molecule is COC(=O)[C@@](C)(N)Cc1cnc[nH]1. The molecule has 1 aromatic heterocycles. The third-order valence-corrected chi connectivity index (χ3v) is 1.76. The number of hydrogen-bond donors (Lipinski definition) is 2. The topological polar surface area (TPSA) is 81.0 Å². The van der Waals surface area contributed by atoms with Crippen LogP contribution in [0, 0.1) is 0 Å². The maximum atomic E-state index is 11.2. The lowest BCUT2D eigenvalue weighted by molar-refractivity contribution is -0.146. The van der Waals surface area contributed by atoms with Gasteiger partial charge in [-0.15, -0.1) is 0 Å². The minimum atomic E-state index is -0.999. The number of methoxy groups -OCH3 is 1. The van der Waals surface area contributed by atoms with Crippen molar-refractivity contribution in [2.24, 2.45) is 5.73 Å². The third-order valence-electron chi connectivity index (χ3n) is 1.76. The Balaban J connectivity index is 2.67. The van der Waals surface area contributed by atoms with E-state index in [-0.39, 0.29) is 0 Å². The maximum Gasteiger partial charge on any atom is 0.325 e. The lowest BCUT2D eigenvalue weighted by atomic mass is 9.98. The van der Waals surface area contributed by atoms with Crippen molar-refractivity contribution >= 4 is 5.97 Å². The van der Waals surface area contributed by atoms with Crippen molar-refractivity contribution < 1.29 is 9.53 Å². The van der Waals surface area contributed by atoms with E-state index in [4.69, 9.17) is 5.73 Å². The summed E-state index contributed by atoms with van der Waals surface area (Å²) < 4.78 is 4.57. The fraction of sp³-hybridized carbons (Fsp3) is 0.500. The van der Waals surface area contributed by atoms with Crippen LogP contribution in [-0.4, -0.2) is 28.6 Å². The number of aromatic nitrogens is 2. The molecule has 0 aromatic carbocycles. The van der Waals surface area contributed by atoms with Gasteiger partial charge in [0, 0.05) is 18.3 Å². The molecule has 0 bridgehead atoms. The van der Waals surface area contributed by atoms with Crippen LogP contribution in [0.25, 0.3) is 0 Å². The van der Waals surface area contributed by atoms with Gasteiger partial charge in [0.05, 0.1) is 13.4 Å². The Hall–Kier alpha value is -1.36. The molecule has 3 N–H and O–H groups in total. The minimum absolute atomic E-state index is 0.389. The van der Waals surface area contributed by atoms with E-state index in [2.05, 4.69) is 14.7 Å². The highest BCUT2D eigenvalue weighted by atomic mass is 16.5. The highest BCUT2D eigenvalue weighted by molar-refractivity contribution is 5.80. The molecule has 0 radical (unpaired) electrons. The quantitative estimate of drug-likeness (QED) is 0.638. The summed E-state index contributed by atoms with van der Waals surface area (Å²) in [7, 11) is 1.32. The number of H-pyrrole nitrogens is 1. The van der Waals surface area contributed by atoms with Crippen LogP contribution in [0.1, 0.15) is 12.6 Å². The Morgan fingerprint density at radius 3 is 3.00 bits per heavy atom. The second-order valence-electron chi connectivity index (χ2n) is 3.16. The van der Waals surface area contributed by atoms with Gasteiger partial charge in [-0.25, -0.2) is 4.98 Å². The van der Waals surface area contributed by atoms with Crippen LogP contribution in [0.15, 0.2) is 12.5 Å². The molecule has 0 amide bonds. The number of nitrogens with zero attached hydrogens (tertiary/aromatic N) is 1. The van der Waals surface area contributed by atoms with E-state index < -0.39 is 11.5 Å². The van der Waals surface area contributed by atoms with E-state index in [1.165, 1.54) is 7.11 Å². The Labute approximate surface area is 76.3 Å². The van der Waals surface area contributed by atoms with Gasteiger partial charge in [0.25, 0.3) is 0 Å². The predicted octanol–water partition coefficient (Wildman–Crippen LogP) is -0.157. The summed E-state index contributed by atoms with van der Waals surface area (Å²) in [4.78, 5) is 17.9. The summed E-state index contributed by atoms with van der Waals surface area (Å²) in [6.07, 6.45) is 3.57. The minimum Gasteiger partial charge on any atom is -0.468 e. The van der Waals surface area contributed by atoms with Crippen molar-refractivity contribution in [3.8, 4) is 0 Å². The number of hydrogen-bond acceptors (Lipinski definition) is 4. The van der Waals surface area contributed by atoms with E-state index in [0.717, 1.165) is 5.69 Å². The first kappa shape index (κ1) is 9.73. The van der Waals surface area contributed by atoms with Crippen molar-refractivity contribution in [3.63, 3.8) is 0 Å². The van der Waals surface area contributed by atoms with E-state index in [9.17, 15) is 4.79 Å². The predicted molar refractivity (Wildman–Crippen MR) is 46.9 cm³/mol. The molecule has 1 rings (SSSR count). The molecule has 5 heteroatoms. The summed E-state index contributed by atoms with van der Waals surface area (Å²) >= 11 is 0. The van der Waals surface area contributed by atoms with Crippen LogP contribution in [-0.2, 0) is 16.0 Å². The second kappa shape index (κ2) is 3.57. The van der Waals surface area contributed by atoms with E-state index in [1.807, 2.05) is 0 Å². The summed E-state index contributed by atoms with van der Waals surface area (Å²) in [5.74, 6) is -0.429. The van der Waals surface area contributed by atoms with Crippen LogP contribution < -0.4 is 5.73 Å². The number of nitrogens with one attached hydrogen (secondary N) is 1. The van der Waals surface area contributed by atoms with Gasteiger partial charge in [-0.1, -0.05) is 0 Å². The molecule has 0 aliphatic rings. The Bertz CT molecular complexity index is 280. The molecular weight excluding hydrogens is 170 g/mol. The van der Waals surface area contributed by atoms with Gasteiger partial charge in [0.1, 0.15) is 5.54 Å². The number of imidazole rings is 1. The zero-order valence-electron chi connectivity index (χ0n) is 7.70. The van der Waals surface area contributed by atoms with Gasteiger partial charge in [-0.3, -0.25) is 4.79 Å². The lowest BCUT2D eigenvalue weighted by Crippen LogP contribution is -2.47. The molecule has 0 fully saturated rings. The number of ether oxygens (including phenoxy) is 1. The third kappa shape index (κ3) is 2.29. The van der Waals surface area contributed by atoms with E-state index in [1.54, 1.807) is 19.4 Å². The zero-order valence-corrected chi connectivity index (χ0v) is 7.70. The van der Waals surface area contributed by atoms with Crippen LogP contribution in [0.4, 0.5) is 0 Å². The molecule has 1 aromatic rings. The molecule has 0 spiro atoms. The molecule has 0 saturated heterocycles. The maximum absolute atomic E-state index is 11.2. The largest absolute Gasteiger partial charge is 0.468 e. The summed E-state index contributed by atoms with van der Waals surface area (Å²) in [5.41, 5.74) is 5.56. The van der Waals surface area contributed by atoms with Crippen molar-refractivity contribution in [2.45, 2.75) is 18.9 Å². The summed E-state index contributed by atoms with van der Waals surface area (Å²) in [6, 6.07) is 0. The van der Waals surface area contributed by atoms with E-state index in [0.29, 0.717) is 6.42 Å². The Morgan fingerprint density at radius 2 is 2.54 bits per heavy atom. The van der Waals surface area contributed by atoms with Gasteiger partial charge in [0.15, 0.2) is 0 Å². The normalized spacial score (nSPS) is 15.0. The monoisotopic (exact) mass is 183 g/mol. The fourth-order valence-corrected chi connectivity index (χ4v) is 1.08. The molecule has 0 aliphatic carbocycles. The highest BCUT2D eigenvalue weighted by Gasteiger charge is 2.30. The Kier molecular flexibility index (Phi) is 2.67. The number of aromatic amines is 1. The fourth-order valence-electron chi connectivity index (χ4n) is 1.08. The van der Waals surface area contributed by atoms with Crippen LogP contribution in [0.2, 0.25) is 0 Å². The van der Waals surface area contributed by atoms with Gasteiger partial charge in [0.2, 0.25) is 0 Å². The number of esters is 1. The molecule has 0 aliphatic heterocycles. The molecule has 1 heterocycles. The van der Waals surface area contributed by atoms with E-state index >= 15 is 0 Å². The number of nitrogens with two attached hydrogens (primary N) is 1. The number of carbonyl (C=O) groups is 1. The highest BCUT2D eigenvalue weighted by Crippen LogP contribution is 2.09. The molecular formula is C8H13N3O2. The van der Waals surface area contributed by atoms with Crippen molar-refractivity contribution in [3.05, 3.63) is 18.2 Å². The first-order chi connectivity index (χ1) is 6.06. The average molecular weight is 183 g/mol. The molecule has 72 valence electrons. The van der Waals surface area contributed by atoms with Gasteiger partial charge in [-0.05, 0) is 6.92 Å². The van der Waals surface area contributed by atoms with Crippen molar-refractivity contribution in [1.82, 2.24) is 9.97 Å². The van der Waals surface area contributed by atoms with Crippen molar-refractivity contribution in [2.75, 3.05) is 7.11 Å². The first-order valence-corrected chi connectivity index (χ1v) is 3.91. The molecule has 5 nitrogen and oxygen atoms in total. The van der Waals surface area contributed by atoms with Crippen LogP contribution >= 0.6 is 0 Å². The van der Waals surface area contributed by atoms with Crippen LogP contribution in [0.3, 0.4) is 0 Å². The van der Waals surface area contributed by atoms with Crippen molar-refractivity contribution in [1.29, 1.82) is 0 Å². The van der Waals surface area contributed by atoms with Gasteiger partial charge < -0.3 is 15.5 Å². The molecule has 0 saturated carbocycles. The number of rotatable bonds is 3. The molecule has 1 atom stereocenters. The summed E-state index contributed by atoms with van der Waals surface area (Å²) in [6.45, 7) is 1.62. The summed E-state index contributed by atoms with van der Waals surface area (Å²) in [5, 5.41) is 0. The average Bonchev–Trinajstić information content (AvgIpc) is 2.54. The zero-order chi connectivity index (χ0) is 9.90. The smallest absolute Gasteiger partial charge is 0.325 e. The van der Waals surface area contributed by atoms with Crippen LogP contribution in [0.5, 0.6) is 0 Å². The Morgan fingerprint density at radius 1 is 1.85 bits per heavy atom. The van der Waals surface area contributed by atoms with Gasteiger partial charge >= 0.3 is 5.97 Å². The first-order valence-electron chi connectivity index (χ1n) is 3.91.